The highest BCUT2D eigenvalue weighted by Crippen LogP contribution is 2.28. The number of benzene rings is 1. The first-order chi connectivity index (χ1) is 12.5. The minimum atomic E-state index is -1.23. The van der Waals surface area contributed by atoms with Crippen LogP contribution in [-0.4, -0.2) is 48.1 Å². The molecule has 1 saturated heterocycles. The Kier molecular flexibility index (Phi) is 6.71. The number of carbonyl (C=O) groups is 4. The second kappa shape index (κ2) is 8.98. The quantitative estimate of drug-likeness (QED) is 0.430. The summed E-state index contributed by atoms with van der Waals surface area (Å²) < 4.78 is 14.9. The summed E-state index contributed by atoms with van der Waals surface area (Å²) in [6, 6.07) is 7.67. The minimum Gasteiger partial charge on any atom is -0.465 e. The van der Waals surface area contributed by atoms with Gasteiger partial charge >= 0.3 is 18.0 Å². The molecule has 2 unspecified atom stereocenters. The molecule has 26 heavy (non-hydrogen) atoms. The molecular formula is C18H21NO7. The zero-order valence-corrected chi connectivity index (χ0v) is 14.7. The van der Waals surface area contributed by atoms with E-state index in [9.17, 15) is 19.2 Å². The third kappa shape index (κ3) is 4.38. The van der Waals surface area contributed by atoms with Crippen LogP contribution in [0.5, 0.6) is 0 Å². The van der Waals surface area contributed by atoms with E-state index in [4.69, 9.17) is 14.2 Å². The molecule has 2 atom stereocenters. The summed E-state index contributed by atoms with van der Waals surface area (Å²) in [6.45, 7) is 3.32. The average Bonchev–Trinajstić information content (AvgIpc) is 2.98. The fourth-order valence-electron chi connectivity index (χ4n) is 2.64. The number of carbonyl (C=O) groups excluding carboxylic acids is 4. The van der Waals surface area contributed by atoms with Gasteiger partial charge in [-0.3, -0.25) is 9.59 Å². The molecule has 1 aliphatic rings. The summed E-state index contributed by atoms with van der Waals surface area (Å²) in [5.41, 5.74) is 0.724. The van der Waals surface area contributed by atoms with Crippen LogP contribution in [-0.2, 0) is 35.2 Å². The van der Waals surface area contributed by atoms with Crippen molar-refractivity contribution in [1.82, 2.24) is 4.90 Å². The fourth-order valence-corrected chi connectivity index (χ4v) is 2.64. The number of amides is 2. The summed E-state index contributed by atoms with van der Waals surface area (Å²) in [7, 11) is 0. The molecule has 0 spiro atoms. The van der Waals surface area contributed by atoms with Crippen molar-refractivity contribution in [3.63, 3.8) is 0 Å². The zero-order chi connectivity index (χ0) is 19.1. The lowest BCUT2D eigenvalue weighted by Crippen LogP contribution is -2.44. The number of nitrogens with zero attached hydrogens (tertiary/aromatic N) is 1. The molecule has 0 bridgehead atoms. The van der Waals surface area contributed by atoms with Crippen molar-refractivity contribution in [2.45, 2.75) is 32.9 Å². The van der Waals surface area contributed by atoms with Crippen LogP contribution in [0.3, 0.4) is 0 Å². The summed E-state index contributed by atoms with van der Waals surface area (Å²) in [5, 5.41) is 0. The van der Waals surface area contributed by atoms with Crippen LogP contribution >= 0.6 is 0 Å². The molecule has 8 nitrogen and oxygen atoms in total. The van der Waals surface area contributed by atoms with Gasteiger partial charge in [-0.1, -0.05) is 30.3 Å². The van der Waals surface area contributed by atoms with Crippen molar-refractivity contribution in [2.75, 3.05) is 13.2 Å². The van der Waals surface area contributed by atoms with Crippen molar-refractivity contribution < 1.29 is 33.4 Å². The van der Waals surface area contributed by atoms with E-state index in [-0.39, 0.29) is 26.2 Å². The van der Waals surface area contributed by atoms with Crippen molar-refractivity contribution in [2.24, 2.45) is 5.92 Å². The first kappa shape index (κ1) is 19.4. The van der Waals surface area contributed by atoms with E-state index in [0.717, 1.165) is 5.56 Å². The van der Waals surface area contributed by atoms with E-state index in [0.29, 0.717) is 4.90 Å². The molecule has 1 fully saturated rings. The van der Waals surface area contributed by atoms with E-state index in [1.54, 1.807) is 38.1 Å². The van der Waals surface area contributed by atoms with Crippen LogP contribution in [0, 0.1) is 5.92 Å². The zero-order valence-electron chi connectivity index (χ0n) is 14.7. The molecule has 0 aromatic heterocycles. The van der Waals surface area contributed by atoms with Gasteiger partial charge < -0.3 is 14.2 Å². The molecule has 0 radical (unpaired) electrons. The normalized spacial score (nSPS) is 19.2. The van der Waals surface area contributed by atoms with Crippen LogP contribution in [0.25, 0.3) is 0 Å². The fraction of sp³-hybridized carbons (Fsp3) is 0.444. The van der Waals surface area contributed by atoms with E-state index in [1.807, 2.05) is 6.07 Å². The van der Waals surface area contributed by atoms with E-state index >= 15 is 0 Å². The summed E-state index contributed by atoms with van der Waals surface area (Å²) in [6.07, 6.45) is -1.18. The van der Waals surface area contributed by atoms with Gasteiger partial charge in [0.1, 0.15) is 18.6 Å². The highest BCUT2D eigenvalue weighted by Gasteiger charge is 2.51. The van der Waals surface area contributed by atoms with Crippen molar-refractivity contribution >= 4 is 23.9 Å². The highest BCUT2D eigenvalue weighted by atomic mass is 16.6. The molecule has 1 aromatic rings. The van der Waals surface area contributed by atoms with Crippen molar-refractivity contribution in [3.8, 4) is 0 Å². The van der Waals surface area contributed by atoms with E-state index in [2.05, 4.69) is 0 Å². The number of ether oxygens (including phenoxy) is 3. The predicted octanol–water partition coefficient (Wildman–Crippen LogP) is 1.67. The van der Waals surface area contributed by atoms with Gasteiger partial charge in [0.15, 0.2) is 0 Å². The van der Waals surface area contributed by atoms with Gasteiger partial charge in [0.05, 0.1) is 13.2 Å². The summed E-state index contributed by atoms with van der Waals surface area (Å²) in [4.78, 5) is 49.6. The standard InChI is InChI=1S/C18H21NO7/c1-3-24-16(21)13-10-14(17(22)25-4-2)19(15(13)20)18(23)26-11-12-8-6-5-7-9-12/h5-9,13-14H,3-4,10-11H2,1-2H3. The molecule has 2 amide bonds. The maximum absolute atomic E-state index is 12.5. The molecule has 0 aliphatic carbocycles. The highest BCUT2D eigenvalue weighted by molar-refractivity contribution is 6.08. The molecule has 0 N–H and O–H groups in total. The number of imide groups is 1. The Balaban J connectivity index is 2.14. The van der Waals surface area contributed by atoms with Gasteiger partial charge in [-0.05, 0) is 19.4 Å². The lowest BCUT2D eigenvalue weighted by atomic mass is 10.1. The Morgan fingerprint density at radius 3 is 2.23 bits per heavy atom. The number of hydrogen-bond acceptors (Lipinski definition) is 7. The number of rotatable bonds is 6. The molecule has 8 heteroatoms. The molecule has 2 rings (SSSR count). The second-order valence-corrected chi connectivity index (χ2v) is 5.56. The van der Waals surface area contributed by atoms with Gasteiger partial charge in [0, 0.05) is 6.42 Å². The van der Waals surface area contributed by atoms with Crippen LogP contribution in [0.2, 0.25) is 0 Å². The Bertz CT molecular complexity index is 673. The molecular weight excluding hydrogens is 342 g/mol. The van der Waals surface area contributed by atoms with Gasteiger partial charge in [0.2, 0.25) is 5.91 Å². The molecule has 1 aliphatic heterocycles. The second-order valence-electron chi connectivity index (χ2n) is 5.56. The Labute approximate surface area is 151 Å². The van der Waals surface area contributed by atoms with Crippen LogP contribution in [0.1, 0.15) is 25.8 Å². The third-order valence-corrected chi connectivity index (χ3v) is 3.84. The predicted molar refractivity (Wildman–Crippen MR) is 88.6 cm³/mol. The Morgan fingerprint density at radius 2 is 1.62 bits per heavy atom. The van der Waals surface area contributed by atoms with Gasteiger partial charge in [-0.2, -0.15) is 0 Å². The van der Waals surface area contributed by atoms with Crippen LogP contribution < -0.4 is 0 Å². The maximum Gasteiger partial charge on any atom is 0.417 e. The first-order valence-corrected chi connectivity index (χ1v) is 8.36. The summed E-state index contributed by atoms with van der Waals surface area (Å²) >= 11 is 0. The smallest absolute Gasteiger partial charge is 0.417 e. The van der Waals surface area contributed by atoms with Crippen molar-refractivity contribution in [1.29, 1.82) is 0 Å². The van der Waals surface area contributed by atoms with Crippen molar-refractivity contribution in [3.05, 3.63) is 35.9 Å². The van der Waals surface area contributed by atoms with Gasteiger partial charge in [-0.15, -0.1) is 0 Å². The first-order valence-electron chi connectivity index (χ1n) is 8.36. The lowest BCUT2D eigenvalue weighted by Gasteiger charge is -2.20. The number of likely N-dealkylation sites (tertiary alicyclic amines) is 1. The Morgan fingerprint density at radius 1 is 1.00 bits per heavy atom. The molecule has 1 heterocycles. The lowest BCUT2D eigenvalue weighted by molar-refractivity contribution is -0.153. The van der Waals surface area contributed by atoms with E-state index in [1.165, 1.54) is 0 Å². The SMILES string of the molecule is CCOC(=O)C1CC(C(=O)OCC)N(C(=O)OCc2ccccc2)C1=O. The van der Waals surface area contributed by atoms with Gasteiger partial charge in [0.25, 0.3) is 0 Å². The van der Waals surface area contributed by atoms with Crippen LogP contribution in [0.15, 0.2) is 30.3 Å². The minimum absolute atomic E-state index is 0.0664. The van der Waals surface area contributed by atoms with Gasteiger partial charge in [-0.25, -0.2) is 14.5 Å². The topological polar surface area (TPSA) is 99.2 Å². The third-order valence-electron chi connectivity index (χ3n) is 3.84. The Hall–Kier alpha value is -2.90. The largest absolute Gasteiger partial charge is 0.465 e. The maximum atomic E-state index is 12.5. The molecule has 140 valence electrons. The monoisotopic (exact) mass is 363 g/mol. The summed E-state index contributed by atoms with van der Waals surface area (Å²) in [5.74, 6) is -3.58. The number of hydrogen-bond donors (Lipinski definition) is 0. The van der Waals surface area contributed by atoms with E-state index < -0.39 is 35.9 Å². The van der Waals surface area contributed by atoms with Crippen LogP contribution in [0.4, 0.5) is 4.79 Å². The molecule has 1 aromatic carbocycles. The molecule has 0 saturated carbocycles. The average molecular weight is 363 g/mol. The number of esters is 2.